The van der Waals surface area contributed by atoms with E-state index >= 15 is 0 Å². The molecule has 0 heterocycles. The third kappa shape index (κ3) is 2.95. The fraction of sp³-hybridized carbons (Fsp3) is 0.500. The van der Waals surface area contributed by atoms with E-state index in [-0.39, 0.29) is 0 Å². The maximum absolute atomic E-state index is 5.74. The van der Waals surface area contributed by atoms with Crippen molar-refractivity contribution in [2.24, 2.45) is 0 Å². The highest BCUT2D eigenvalue weighted by atomic mass is 79.9. The lowest BCUT2D eigenvalue weighted by Gasteiger charge is -2.31. The number of benzene rings is 1. The van der Waals surface area contributed by atoms with E-state index in [1.165, 1.54) is 5.56 Å². The van der Waals surface area contributed by atoms with Gasteiger partial charge in [-0.25, -0.2) is 0 Å². The lowest BCUT2D eigenvalue weighted by atomic mass is 9.96. The predicted octanol–water partition coefficient (Wildman–Crippen LogP) is 3.14. The minimum atomic E-state index is 0.441. The Balaban J connectivity index is 1.78. The molecule has 0 unspecified atom stereocenters. The van der Waals surface area contributed by atoms with Gasteiger partial charge in [0.15, 0.2) is 0 Å². The van der Waals surface area contributed by atoms with Crippen LogP contribution in [-0.4, -0.2) is 18.0 Å². The van der Waals surface area contributed by atoms with Gasteiger partial charge in [-0.3, -0.25) is 0 Å². The van der Waals surface area contributed by atoms with Crippen LogP contribution in [0.1, 0.15) is 18.4 Å². The van der Waals surface area contributed by atoms with Crippen molar-refractivity contribution in [3.8, 4) is 5.75 Å². The topological polar surface area (TPSA) is 18.5 Å². The maximum atomic E-state index is 5.74. The van der Waals surface area contributed by atoms with Gasteiger partial charge in [0.2, 0.25) is 0 Å². The van der Waals surface area contributed by atoms with Crippen molar-refractivity contribution in [2.45, 2.75) is 30.4 Å². The third-order valence-electron chi connectivity index (χ3n) is 2.68. The van der Waals surface area contributed by atoms with Gasteiger partial charge in [-0.2, -0.15) is 0 Å². The molecule has 1 saturated carbocycles. The smallest absolute Gasteiger partial charge is 0.118 e. The largest absolute Gasteiger partial charge is 0.497 e. The molecule has 3 heteroatoms. The number of rotatable bonds is 4. The zero-order valence-corrected chi connectivity index (χ0v) is 10.4. The molecule has 0 bridgehead atoms. The van der Waals surface area contributed by atoms with Gasteiger partial charge in [0.25, 0.3) is 0 Å². The van der Waals surface area contributed by atoms with Crippen molar-refractivity contribution >= 4 is 15.9 Å². The van der Waals surface area contributed by atoms with E-state index < -0.39 is 0 Å². The molecule has 1 aromatic rings. The summed E-state index contributed by atoms with van der Waals surface area (Å²) in [6.45, 7) is 0.703. The number of ether oxygens (including phenoxy) is 2. The van der Waals surface area contributed by atoms with Crippen molar-refractivity contribution in [1.29, 1.82) is 0 Å². The van der Waals surface area contributed by atoms with Gasteiger partial charge in [0, 0.05) is 4.83 Å². The molecule has 0 radical (unpaired) electrons. The second-order valence-corrected chi connectivity index (χ2v) is 5.14. The summed E-state index contributed by atoms with van der Waals surface area (Å²) in [5.74, 6) is 0.892. The molecule has 15 heavy (non-hydrogen) atoms. The standard InChI is InChI=1S/C12H15BrO2/c1-14-11-4-2-9(3-5-11)8-15-12-6-10(13)7-12/h2-5,10,12H,6-8H2,1H3. The van der Waals surface area contributed by atoms with Crippen molar-refractivity contribution in [3.63, 3.8) is 0 Å². The van der Waals surface area contributed by atoms with Gasteiger partial charge in [-0.1, -0.05) is 28.1 Å². The molecule has 2 rings (SSSR count). The Morgan fingerprint density at radius 3 is 2.47 bits per heavy atom. The quantitative estimate of drug-likeness (QED) is 0.783. The highest BCUT2D eigenvalue weighted by molar-refractivity contribution is 9.09. The van der Waals surface area contributed by atoms with Crippen molar-refractivity contribution in [3.05, 3.63) is 29.8 Å². The molecule has 0 amide bonds. The lowest BCUT2D eigenvalue weighted by Crippen LogP contribution is -2.31. The van der Waals surface area contributed by atoms with Gasteiger partial charge in [-0.15, -0.1) is 0 Å². The Kier molecular flexibility index (Phi) is 3.65. The van der Waals surface area contributed by atoms with E-state index in [4.69, 9.17) is 9.47 Å². The monoisotopic (exact) mass is 270 g/mol. The number of hydrogen-bond acceptors (Lipinski definition) is 2. The molecule has 82 valence electrons. The van der Waals surface area contributed by atoms with E-state index in [2.05, 4.69) is 15.9 Å². The van der Waals surface area contributed by atoms with Crippen LogP contribution in [-0.2, 0) is 11.3 Å². The molecule has 1 fully saturated rings. The molecule has 2 nitrogen and oxygen atoms in total. The average molecular weight is 271 g/mol. The Hall–Kier alpha value is -0.540. The number of hydrogen-bond donors (Lipinski definition) is 0. The minimum Gasteiger partial charge on any atom is -0.497 e. The summed E-state index contributed by atoms with van der Waals surface area (Å²) < 4.78 is 10.8. The van der Waals surface area contributed by atoms with Crippen LogP contribution < -0.4 is 4.74 Å². The second kappa shape index (κ2) is 4.99. The van der Waals surface area contributed by atoms with Crippen LogP contribution in [0.25, 0.3) is 0 Å². The zero-order valence-electron chi connectivity index (χ0n) is 8.78. The van der Waals surface area contributed by atoms with Crippen LogP contribution in [0, 0.1) is 0 Å². The molecule has 0 N–H and O–H groups in total. The molecule has 0 atom stereocenters. The van der Waals surface area contributed by atoms with Crippen LogP contribution in [0.15, 0.2) is 24.3 Å². The molecule has 1 aliphatic carbocycles. The van der Waals surface area contributed by atoms with E-state index in [0.29, 0.717) is 17.5 Å². The molecule has 0 saturated heterocycles. The SMILES string of the molecule is COc1ccc(COC2CC(Br)C2)cc1. The minimum absolute atomic E-state index is 0.441. The summed E-state index contributed by atoms with van der Waals surface area (Å²) in [7, 11) is 1.68. The highest BCUT2D eigenvalue weighted by Gasteiger charge is 2.27. The Morgan fingerprint density at radius 1 is 1.27 bits per heavy atom. The molecule has 1 aromatic carbocycles. The summed E-state index contributed by atoms with van der Waals surface area (Å²) in [6, 6.07) is 8.02. The van der Waals surface area contributed by atoms with E-state index in [0.717, 1.165) is 18.6 Å². The van der Waals surface area contributed by atoms with Crippen LogP contribution >= 0.6 is 15.9 Å². The summed E-state index contributed by atoms with van der Waals surface area (Å²) in [6.07, 6.45) is 2.71. The maximum Gasteiger partial charge on any atom is 0.118 e. The van der Waals surface area contributed by atoms with Gasteiger partial charge in [-0.05, 0) is 30.5 Å². The summed E-state index contributed by atoms with van der Waals surface area (Å²) >= 11 is 3.55. The van der Waals surface area contributed by atoms with Crippen LogP contribution in [0.2, 0.25) is 0 Å². The normalized spacial score (nSPS) is 24.7. The molecular weight excluding hydrogens is 256 g/mol. The second-order valence-electron chi connectivity index (χ2n) is 3.85. The van der Waals surface area contributed by atoms with E-state index in [9.17, 15) is 0 Å². The average Bonchev–Trinajstić information content (AvgIpc) is 2.23. The summed E-state index contributed by atoms with van der Waals surface area (Å²) in [5.41, 5.74) is 1.20. The van der Waals surface area contributed by atoms with Crippen LogP contribution in [0.3, 0.4) is 0 Å². The Labute approximate surface area is 98.7 Å². The van der Waals surface area contributed by atoms with Gasteiger partial charge < -0.3 is 9.47 Å². The van der Waals surface area contributed by atoms with Crippen LogP contribution in [0.4, 0.5) is 0 Å². The van der Waals surface area contributed by atoms with Gasteiger partial charge in [0.1, 0.15) is 5.75 Å². The summed E-state index contributed by atoms with van der Waals surface area (Å²) in [5, 5.41) is 0. The fourth-order valence-corrected chi connectivity index (χ4v) is 2.41. The molecule has 0 spiro atoms. The lowest BCUT2D eigenvalue weighted by molar-refractivity contribution is -0.00393. The molecule has 0 aromatic heterocycles. The Bertz CT molecular complexity index is 304. The van der Waals surface area contributed by atoms with Crippen molar-refractivity contribution in [1.82, 2.24) is 0 Å². The fourth-order valence-electron chi connectivity index (χ4n) is 1.57. The van der Waals surface area contributed by atoms with E-state index in [1.807, 2.05) is 24.3 Å². The van der Waals surface area contributed by atoms with E-state index in [1.54, 1.807) is 7.11 Å². The van der Waals surface area contributed by atoms with Crippen molar-refractivity contribution < 1.29 is 9.47 Å². The van der Waals surface area contributed by atoms with Gasteiger partial charge in [0.05, 0.1) is 19.8 Å². The first-order chi connectivity index (χ1) is 7.28. The first-order valence-corrected chi connectivity index (χ1v) is 6.08. The summed E-state index contributed by atoms with van der Waals surface area (Å²) in [4.78, 5) is 0.665. The Morgan fingerprint density at radius 2 is 1.93 bits per heavy atom. The number of methoxy groups -OCH3 is 1. The third-order valence-corrected chi connectivity index (χ3v) is 3.43. The van der Waals surface area contributed by atoms with Crippen molar-refractivity contribution in [2.75, 3.05) is 7.11 Å². The highest BCUT2D eigenvalue weighted by Crippen LogP contribution is 2.30. The molecular formula is C12H15BrO2. The first kappa shape index (κ1) is 11.0. The number of halogens is 1. The van der Waals surface area contributed by atoms with Gasteiger partial charge >= 0.3 is 0 Å². The van der Waals surface area contributed by atoms with Crippen LogP contribution in [0.5, 0.6) is 5.75 Å². The number of alkyl halides is 1. The zero-order chi connectivity index (χ0) is 10.7. The first-order valence-electron chi connectivity index (χ1n) is 5.16. The molecule has 0 aliphatic heterocycles. The molecule has 1 aliphatic rings. The predicted molar refractivity (Wildman–Crippen MR) is 63.5 cm³/mol.